The van der Waals surface area contributed by atoms with Crippen LogP contribution in [0.25, 0.3) is 0 Å². The van der Waals surface area contributed by atoms with Gasteiger partial charge < -0.3 is 30.8 Å². The molecule has 0 aromatic heterocycles. The number of carbonyl (C=O) groups is 1. The van der Waals surface area contributed by atoms with Crippen LogP contribution in [0.4, 0.5) is 32.8 Å². The number of ether oxygens (including phenoxy) is 1. The number of nitrogens with two attached hydrogens (primary N) is 1. The minimum Gasteiger partial charge on any atom is -0.478 e. The van der Waals surface area contributed by atoms with Crippen molar-refractivity contribution in [1.82, 2.24) is 0 Å². The minimum atomic E-state index is -0.978. The van der Waals surface area contributed by atoms with E-state index in [0.717, 1.165) is 35.6 Å². The molecule has 1 spiro atoms. The fourth-order valence-electron chi connectivity index (χ4n) is 4.99. The minimum absolute atomic E-state index is 0.216. The number of hydrogen-bond acceptors (Lipinski definition) is 6. The van der Waals surface area contributed by atoms with Gasteiger partial charge in [0.15, 0.2) is 0 Å². The van der Waals surface area contributed by atoms with E-state index >= 15 is 0 Å². The number of hydrogen-bond donors (Lipinski definition) is 3. The number of nitrogens with one attached hydrogen (secondary N) is 1. The summed E-state index contributed by atoms with van der Waals surface area (Å²) in [7, 11) is 0. The van der Waals surface area contributed by atoms with Gasteiger partial charge in [0.1, 0.15) is 5.82 Å². The molecule has 7 nitrogen and oxygen atoms in total. The van der Waals surface area contributed by atoms with Gasteiger partial charge in [-0.15, -0.1) is 0 Å². The normalized spacial score (nSPS) is 16.9. The van der Waals surface area contributed by atoms with Gasteiger partial charge in [0, 0.05) is 48.6 Å². The second-order valence-electron chi connectivity index (χ2n) is 8.70. The standard InChI is InChI=1S/C26H25FN4O3/c27-19-3-7-21(8-4-19)31-24-13-18(15-28)22(29)14-23(24)30(16-26(31)9-11-34-12-10-26)20-5-1-17(2-6-20)25(32)33/h1-8,13-15,28H,9-12,16,29H2,(H,32,33). The summed E-state index contributed by atoms with van der Waals surface area (Å²) in [4.78, 5) is 15.8. The molecule has 0 unspecified atom stereocenters. The molecule has 0 amide bonds. The highest BCUT2D eigenvalue weighted by Gasteiger charge is 2.46. The van der Waals surface area contributed by atoms with Crippen molar-refractivity contribution in [1.29, 1.82) is 5.41 Å². The van der Waals surface area contributed by atoms with Crippen LogP contribution >= 0.6 is 0 Å². The van der Waals surface area contributed by atoms with E-state index < -0.39 is 5.97 Å². The van der Waals surface area contributed by atoms with Gasteiger partial charge in [0.2, 0.25) is 0 Å². The molecule has 0 bridgehead atoms. The molecular formula is C26H25FN4O3. The van der Waals surface area contributed by atoms with E-state index in [1.165, 1.54) is 18.3 Å². The number of carboxylic acids is 1. The van der Waals surface area contributed by atoms with E-state index in [2.05, 4.69) is 9.80 Å². The van der Waals surface area contributed by atoms with E-state index in [1.807, 2.05) is 12.1 Å². The molecule has 174 valence electrons. The van der Waals surface area contributed by atoms with Gasteiger partial charge in [-0.05, 0) is 73.5 Å². The Labute approximate surface area is 196 Å². The van der Waals surface area contributed by atoms with Crippen molar-refractivity contribution in [2.75, 3.05) is 35.3 Å². The predicted molar refractivity (Wildman–Crippen MR) is 130 cm³/mol. The Morgan fingerprint density at radius 2 is 1.68 bits per heavy atom. The van der Waals surface area contributed by atoms with Crippen LogP contribution in [0.1, 0.15) is 28.8 Å². The Kier molecular flexibility index (Phi) is 5.45. The fraction of sp³-hybridized carbons (Fsp3) is 0.231. The molecule has 1 saturated heterocycles. The lowest BCUT2D eigenvalue weighted by Crippen LogP contribution is -2.59. The van der Waals surface area contributed by atoms with Gasteiger partial charge in [-0.25, -0.2) is 9.18 Å². The highest BCUT2D eigenvalue weighted by molar-refractivity contribution is 5.95. The monoisotopic (exact) mass is 460 g/mol. The van der Waals surface area contributed by atoms with Crippen LogP contribution < -0.4 is 15.5 Å². The number of nitrogen functional groups attached to an aromatic ring is 1. The summed E-state index contributed by atoms with van der Waals surface area (Å²) in [5.41, 5.74) is 10.6. The third kappa shape index (κ3) is 3.66. The second kappa shape index (κ2) is 8.46. The highest BCUT2D eigenvalue weighted by Crippen LogP contribution is 2.51. The second-order valence-corrected chi connectivity index (χ2v) is 8.70. The van der Waals surface area contributed by atoms with Crippen molar-refractivity contribution in [2.24, 2.45) is 0 Å². The molecule has 3 aromatic carbocycles. The van der Waals surface area contributed by atoms with Crippen LogP contribution in [-0.2, 0) is 4.74 Å². The zero-order valence-electron chi connectivity index (χ0n) is 18.5. The number of halogens is 1. The number of fused-ring (bicyclic) bond motifs is 1. The molecule has 1 fully saturated rings. The zero-order valence-corrected chi connectivity index (χ0v) is 18.5. The molecule has 0 aliphatic carbocycles. The van der Waals surface area contributed by atoms with E-state index in [-0.39, 0.29) is 16.9 Å². The maximum Gasteiger partial charge on any atom is 0.335 e. The molecule has 5 rings (SSSR count). The molecule has 34 heavy (non-hydrogen) atoms. The molecule has 8 heteroatoms. The molecule has 0 radical (unpaired) electrons. The maximum atomic E-state index is 13.8. The first-order chi connectivity index (χ1) is 16.4. The van der Waals surface area contributed by atoms with E-state index in [1.54, 1.807) is 36.4 Å². The van der Waals surface area contributed by atoms with E-state index in [0.29, 0.717) is 31.0 Å². The Morgan fingerprint density at radius 3 is 2.29 bits per heavy atom. The number of carboxylic acid groups (broad SMARTS) is 1. The van der Waals surface area contributed by atoms with Crippen LogP contribution in [0.5, 0.6) is 0 Å². The smallest absolute Gasteiger partial charge is 0.335 e. The Hall–Kier alpha value is -3.91. The first kappa shape index (κ1) is 21.9. The molecule has 0 saturated carbocycles. The SMILES string of the molecule is N=Cc1cc2c(cc1N)N(c1ccc(C(=O)O)cc1)CC1(CCOCC1)N2c1ccc(F)cc1. The number of aromatic carboxylic acids is 1. The Balaban J connectivity index is 1.73. The first-order valence-electron chi connectivity index (χ1n) is 11.1. The van der Waals surface area contributed by atoms with Crippen molar-refractivity contribution in [3.63, 3.8) is 0 Å². The van der Waals surface area contributed by atoms with Crippen molar-refractivity contribution < 1.29 is 19.0 Å². The lowest BCUT2D eigenvalue weighted by molar-refractivity contribution is 0.0551. The summed E-state index contributed by atoms with van der Waals surface area (Å²) < 4.78 is 19.5. The summed E-state index contributed by atoms with van der Waals surface area (Å²) in [6, 6.07) is 17.0. The Bertz CT molecular complexity index is 1240. The third-order valence-corrected chi connectivity index (χ3v) is 6.73. The number of nitrogens with zero attached hydrogens (tertiary/aromatic N) is 2. The van der Waals surface area contributed by atoms with Crippen LogP contribution in [-0.4, -0.2) is 42.6 Å². The fourth-order valence-corrected chi connectivity index (χ4v) is 4.99. The van der Waals surface area contributed by atoms with Crippen LogP contribution in [0.15, 0.2) is 60.7 Å². The topological polar surface area (TPSA) is 103 Å². The molecule has 2 heterocycles. The molecular weight excluding hydrogens is 435 g/mol. The van der Waals surface area contributed by atoms with Crippen molar-refractivity contribution in [3.05, 3.63) is 77.6 Å². The lowest BCUT2D eigenvalue weighted by atomic mass is 9.83. The van der Waals surface area contributed by atoms with Crippen LogP contribution in [0.2, 0.25) is 0 Å². The van der Waals surface area contributed by atoms with Crippen LogP contribution in [0, 0.1) is 11.2 Å². The highest BCUT2D eigenvalue weighted by atomic mass is 19.1. The first-order valence-corrected chi connectivity index (χ1v) is 11.1. The van der Waals surface area contributed by atoms with Gasteiger partial charge in [0.25, 0.3) is 0 Å². The number of anilines is 5. The molecule has 2 aliphatic rings. The predicted octanol–water partition coefficient (Wildman–Crippen LogP) is 4.94. The van der Waals surface area contributed by atoms with Gasteiger partial charge in [0.05, 0.1) is 22.5 Å². The maximum absolute atomic E-state index is 13.8. The lowest BCUT2D eigenvalue weighted by Gasteiger charge is -2.54. The largest absolute Gasteiger partial charge is 0.478 e. The summed E-state index contributed by atoms with van der Waals surface area (Å²) >= 11 is 0. The summed E-state index contributed by atoms with van der Waals surface area (Å²) in [6.07, 6.45) is 2.73. The molecule has 2 aliphatic heterocycles. The summed E-state index contributed by atoms with van der Waals surface area (Å²) in [6.45, 7) is 1.78. The summed E-state index contributed by atoms with van der Waals surface area (Å²) in [5, 5.41) is 17.2. The number of benzene rings is 3. The molecule has 3 aromatic rings. The third-order valence-electron chi connectivity index (χ3n) is 6.73. The van der Waals surface area contributed by atoms with Crippen molar-refractivity contribution in [3.8, 4) is 0 Å². The number of rotatable bonds is 4. The van der Waals surface area contributed by atoms with Crippen LogP contribution in [0.3, 0.4) is 0 Å². The van der Waals surface area contributed by atoms with Gasteiger partial charge in [-0.3, -0.25) is 0 Å². The Morgan fingerprint density at radius 1 is 1.03 bits per heavy atom. The summed E-state index contributed by atoms with van der Waals surface area (Å²) in [5.74, 6) is -1.28. The average Bonchev–Trinajstić information content (AvgIpc) is 2.85. The van der Waals surface area contributed by atoms with E-state index in [4.69, 9.17) is 15.9 Å². The van der Waals surface area contributed by atoms with E-state index in [9.17, 15) is 14.3 Å². The van der Waals surface area contributed by atoms with Gasteiger partial charge in [-0.1, -0.05) is 0 Å². The van der Waals surface area contributed by atoms with Crippen molar-refractivity contribution >= 4 is 40.6 Å². The van der Waals surface area contributed by atoms with Gasteiger partial charge >= 0.3 is 5.97 Å². The van der Waals surface area contributed by atoms with Crippen molar-refractivity contribution in [2.45, 2.75) is 18.4 Å². The quantitative estimate of drug-likeness (QED) is 0.376. The zero-order chi connectivity index (χ0) is 23.9. The molecule has 0 atom stereocenters. The average molecular weight is 461 g/mol. The molecule has 4 N–H and O–H groups in total. The van der Waals surface area contributed by atoms with Gasteiger partial charge in [-0.2, -0.15) is 0 Å².